The number of benzene rings is 10. The molecular formula is C64H52N2S2. The molecule has 1 aromatic heterocycles. The van der Waals surface area contributed by atoms with Gasteiger partial charge in [0.15, 0.2) is 0 Å². The molecule has 1 aliphatic heterocycles. The van der Waals surface area contributed by atoms with Gasteiger partial charge in [-0.2, -0.15) is 0 Å². The topological polar surface area (TPSA) is 6.48 Å². The van der Waals surface area contributed by atoms with E-state index in [2.05, 4.69) is 268 Å². The van der Waals surface area contributed by atoms with E-state index in [1.807, 2.05) is 11.3 Å². The zero-order valence-electron chi connectivity index (χ0n) is 38.8. The number of hydrogen-bond donors (Lipinski definition) is 0. The van der Waals surface area contributed by atoms with Crippen LogP contribution in [-0.4, -0.2) is 5.25 Å². The van der Waals surface area contributed by atoms with Gasteiger partial charge in [0.1, 0.15) is 0 Å². The monoisotopic (exact) mass is 912 g/mol. The standard InChI is InChI=1S/C64H52N2S2/c1-41(2)61-57(45-25-9-5-10-26-45)51-39-55(65(47-31-13-7-14-32-47)53-37-21-29-43-23-17-19-35-49(43)53)60-59(63(51)67-61)56(40-52-58(46-27-11-6-12-28-46)62(42(3)4)68-64(52)60)66(48-33-15-8-16-34-48)54-38-22-30-44-24-18-20-36-50(44)54/h5-42,57,61H,1-4H3. The fourth-order valence-corrected chi connectivity index (χ4v) is 13.9. The summed E-state index contributed by atoms with van der Waals surface area (Å²) in [5, 5.41) is 9.05. The smallest absolute Gasteiger partial charge is 0.0559 e. The van der Waals surface area contributed by atoms with Gasteiger partial charge >= 0.3 is 0 Å². The van der Waals surface area contributed by atoms with Crippen LogP contribution in [0.25, 0.3) is 53.5 Å². The van der Waals surface area contributed by atoms with Crippen molar-refractivity contribution in [3.8, 4) is 11.1 Å². The number of fused-ring (bicyclic) bond motifs is 7. The minimum atomic E-state index is 0.171. The summed E-state index contributed by atoms with van der Waals surface area (Å²) < 4.78 is 1.32. The molecule has 10 aromatic carbocycles. The Morgan fingerprint density at radius 1 is 0.441 bits per heavy atom. The third kappa shape index (κ3) is 7.09. The predicted molar refractivity (Wildman–Crippen MR) is 296 cm³/mol. The number of thiophene rings is 1. The van der Waals surface area contributed by atoms with E-state index in [9.17, 15) is 0 Å². The highest BCUT2D eigenvalue weighted by Gasteiger charge is 2.41. The van der Waals surface area contributed by atoms with Gasteiger partial charge < -0.3 is 9.80 Å². The average molecular weight is 913 g/mol. The SMILES string of the molecule is CC(C)c1sc2c(cc(N(c3ccccc3)c3cccc4ccccc34)c3c4c(cc(N(c5ccccc5)c5cccc6ccccc56)c32)C(c2ccccc2)C(C(C)C)S4)c1-c1ccccc1. The fraction of sp³-hybridized carbons (Fsp3) is 0.125. The summed E-state index contributed by atoms with van der Waals surface area (Å²) in [5.74, 6) is 0.881. The van der Waals surface area contributed by atoms with E-state index in [0.29, 0.717) is 17.1 Å². The van der Waals surface area contributed by atoms with E-state index in [-0.39, 0.29) is 5.92 Å². The maximum atomic E-state index is 2.62. The van der Waals surface area contributed by atoms with Crippen LogP contribution in [0.4, 0.5) is 34.1 Å². The van der Waals surface area contributed by atoms with Crippen LogP contribution in [0.3, 0.4) is 0 Å². The summed E-state index contributed by atoms with van der Waals surface area (Å²) in [4.78, 5) is 7.95. The third-order valence-electron chi connectivity index (χ3n) is 13.9. The first-order chi connectivity index (χ1) is 33.4. The lowest BCUT2D eigenvalue weighted by Crippen LogP contribution is -2.18. The lowest BCUT2D eigenvalue weighted by atomic mass is 9.82. The first-order valence-electron chi connectivity index (χ1n) is 24.0. The zero-order valence-corrected chi connectivity index (χ0v) is 40.4. The molecule has 11 aromatic rings. The lowest BCUT2D eigenvalue weighted by Gasteiger charge is -2.32. The third-order valence-corrected chi connectivity index (χ3v) is 17.2. The molecule has 2 heterocycles. The van der Waals surface area contributed by atoms with Gasteiger partial charge in [0.25, 0.3) is 0 Å². The molecule has 2 unspecified atom stereocenters. The fourth-order valence-electron chi connectivity index (χ4n) is 10.9. The second-order valence-electron chi connectivity index (χ2n) is 18.8. The zero-order chi connectivity index (χ0) is 45.9. The van der Waals surface area contributed by atoms with Gasteiger partial charge in [0, 0.05) is 69.5 Å². The number of rotatable bonds is 10. The second-order valence-corrected chi connectivity index (χ2v) is 21.0. The molecule has 2 nitrogen and oxygen atoms in total. The maximum absolute atomic E-state index is 2.62. The molecule has 0 spiro atoms. The van der Waals surface area contributed by atoms with E-state index in [4.69, 9.17) is 0 Å². The molecule has 2 atom stereocenters. The minimum Gasteiger partial charge on any atom is -0.309 e. The normalized spacial score (nSPS) is 14.7. The van der Waals surface area contributed by atoms with Crippen LogP contribution >= 0.6 is 23.1 Å². The molecule has 0 radical (unpaired) electrons. The van der Waals surface area contributed by atoms with E-state index in [1.54, 1.807) is 0 Å². The van der Waals surface area contributed by atoms with Crippen molar-refractivity contribution in [2.24, 2.45) is 5.92 Å². The number of para-hydroxylation sites is 2. The van der Waals surface area contributed by atoms with Crippen LogP contribution < -0.4 is 9.80 Å². The van der Waals surface area contributed by atoms with Gasteiger partial charge in [0.05, 0.1) is 22.7 Å². The quantitative estimate of drug-likeness (QED) is 0.135. The highest BCUT2D eigenvalue weighted by Crippen LogP contribution is 2.62. The molecule has 0 aliphatic carbocycles. The van der Waals surface area contributed by atoms with Crippen LogP contribution in [0.2, 0.25) is 0 Å². The molecule has 0 bridgehead atoms. The summed E-state index contributed by atoms with van der Waals surface area (Å²) in [5.41, 5.74) is 12.3. The Bertz CT molecular complexity index is 3610. The molecule has 1 aliphatic rings. The molecule has 0 fully saturated rings. The first-order valence-corrected chi connectivity index (χ1v) is 25.7. The number of anilines is 6. The van der Waals surface area contributed by atoms with Gasteiger partial charge in [-0.05, 0) is 87.8 Å². The Morgan fingerprint density at radius 3 is 1.47 bits per heavy atom. The van der Waals surface area contributed by atoms with E-state index >= 15 is 0 Å². The van der Waals surface area contributed by atoms with Gasteiger partial charge in [-0.15, -0.1) is 23.1 Å². The summed E-state index contributed by atoms with van der Waals surface area (Å²) >= 11 is 4.09. The van der Waals surface area contributed by atoms with E-state index in [1.165, 1.54) is 85.8 Å². The Morgan fingerprint density at radius 2 is 0.926 bits per heavy atom. The number of hydrogen-bond acceptors (Lipinski definition) is 4. The van der Waals surface area contributed by atoms with Crippen molar-refractivity contribution in [3.05, 3.63) is 234 Å². The molecule has 330 valence electrons. The van der Waals surface area contributed by atoms with Gasteiger partial charge in [0.2, 0.25) is 0 Å². The summed E-state index contributed by atoms with van der Waals surface area (Å²) in [6, 6.07) is 81.2. The largest absolute Gasteiger partial charge is 0.309 e. The van der Waals surface area contributed by atoms with Crippen molar-refractivity contribution in [1.82, 2.24) is 0 Å². The van der Waals surface area contributed by atoms with Gasteiger partial charge in [-0.25, -0.2) is 0 Å². The Kier molecular flexibility index (Phi) is 10.9. The molecule has 68 heavy (non-hydrogen) atoms. The van der Waals surface area contributed by atoms with Crippen LogP contribution in [0.1, 0.15) is 55.5 Å². The lowest BCUT2D eigenvalue weighted by molar-refractivity contribution is 0.568. The number of thioether (sulfide) groups is 1. The van der Waals surface area contributed by atoms with Crippen LogP contribution in [0.5, 0.6) is 0 Å². The molecule has 12 rings (SSSR count). The second kappa shape index (κ2) is 17.5. The van der Waals surface area contributed by atoms with Gasteiger partial charge in [-0.1, -0.05) is 198 Å². The van der Waals surface area contributed by atoms with Crippen LogP contribution in [0, 0.1) is 5.92 Å². The Labute approximate surface area is 408 Å². The Hall–Kier alpha value is -7.11. The summed E-state index contributed by atoms with van der Waals surface area (Å²) in [6.45, 7) is 9.57. The molecule has 0 saturated carbocycles. The average Bonchev–Trinajstić information content (AvgIpc) is 3.98. The van der Waals surface area contributed by atoms with Crippen molar-refractivity contribution in [2.75, 3.05) is 9.80 Å². The summed E-state index contributed by atoms with van der Waals surface area (Å²) in [6.07, 6.45) is 0. The highest BCUT2D eigenvalue weighted by molar-refractivity contribution is 8.00. The molecule has 4 heteroatoms. The van der Waals surface area contributed by atoms with E-state index < -0.39 is 0 Å². The summed E-state index contributed by atoms with van der Waals surface area (Å²) in [7, 11) is 0. The van der Waals surface area contributed by atoms with Crippen molar-refractivity contribution in [2.45, 2.75) is 49.7 Å². The Balaban J connectivity index is 1.34. The van der Waals surface area contributed by atoms with Crippen LogP contribution in [-0.2, 0) is 0 Å². The molecule has 0 saturated heterocycles. The molecule has 0 N–H and O–H groups in total. The van der Waals surface area contributed by atoms with Gasteiger partial charge in [-0.3, -0.25) is 0 Å². The van der Waals surface area contributed by atoms with E-state index in [0.717, 1.165) is 22.7 Å². The van der Waals surface area contributed by atoms with Crippen molar-refractivity contribution in [3.63, 3.8) is 0 Å². The highest BCUT2D eigenvalue weighted by atomic mass is 32.2. The maximum Gasteiger partial charge on any atom is 0.0559 e. The molecular weight excluding hydrogens is 861 g/mol. The number of nitrogens with zero attached hydrogens (tertiary/aromatic N) is 2. The van der Waals surface area contributed by atoms with Crippen molar-refractivity contribution < 1.29 is 0 Å². The minimum absolute atomic E-state index is 0.171. The van der Waals surface area contributed by atoms with Crippen LogP contribution in [0.15, 0.2) is 223 Å². The van der Waals surface area contributed by atoms with Crippen molar-refractivity contribution in [1.29, 1.82) is 0 Å². The van der Waals surface area contributed by atoms with Crippen molar-refractivity contribution >= 4 is 99.6 Å². The first kappa shape index (κ1) is 42.3. The predicted octanol–water partition coefficient (Wildman–Crippen LogP) is 19.4. The molecule has 0 amide bonds.